The van der Waals surface area contributed by atoms with Gasteiger partial charge in [0.05, 0.1) is 26.9 Å². The van der Waals surface area contributed by atoms with E-state index in [1.54, 1.807) is 79.4 Å². The van der Waals surface area contributed by atoms with Gasteiger partial charge in [-0.1, -0.05) is 35.3 Å². The van der Waals surface area contributed by atoms with Gasteiger partial charge in [0.15, 0.2) is 17.7 Å². The van der Waals surface area contributed by atoms with Crippen molar-refractivity contribution in [1.29, 1.82) is 0 Å². The third-order valence-corrected chi connectivity index (χ3v) is 7.15. The average Bonchev–Trinajstić information content (AvgIpc) is 3.12. The van der Waals surface area contributed by atoms with E-state index in [-0.39, 0.29) is 6.54 Å². The first kappa shape index (κ1) is 29.1. The van der Waals surface area contributed by atoms with Gasteiger partial charge >= 0.3 is 12.1 Å². The highest BCUT2D eigenvalue weighted by Crippen LogP contribution is 2.42. The smallest absolute Gasteiger partial charge is 0.347 e. The van der Waals surface area contributed by atoms with Crippen molar-refractivity contribution in [2.24, 2.45) is 0 Å². The Morgan fingerprint density at radius 1 is 0.975 bits per heavy atom. The fourth-order valence-corrected chi connectivity index (χ4v) is 5.14. The largest absolute Gasteiger partial charge is 0.493 e. The molecule has 0 saturated carbocycles. The molecule has 0 spiro atoms. The van der Waals surface area contributed by atoms with E-state index in [9.17, 15) is 14.8 Å². The monoisotopic (exact) mass is 588 g/mol. The van der Waals surface area contributed by atoms with Gasteiger partial charge in [-0.2, -0.15) is 5.06 Å². The highest BCUT2D eigenvalue weighted by atomic mass is 35.5. The minimum atomic E-state index is -1.15. The number of carbonyl (C=O) groups is 2. The number of halogens is 2. The predicted octanol–water partition coefficient (Wildman–Crippen LogP) is 6.49. The van der Waals surface area contributed by atoms with Crippen molar-refractivity contribution >= 4 is 46.6 Å². The van der Waals surface area contributed by atoms with Gasteiger partial charge < -0.3 is 24.4 Å². The number of ether oxygens (including phenoxy) is 3. The first-order chi connectivity index (χ1) is 19.0. The molecule has 4 amide bonds. The van der Waals surface area contributed by atoms with E-state index >= 15 is 0 Å². The number of hydrogen-bond donors (Lipinski definition) is 2. The van der Waals surface area contributed by atoms with Gasteiger partial charge in [-0.25, -0.2) is 9.59 Å². The van der Waals surface area contributed by atoms with Gasteiger partial charge in [0, 0.05) is 28.0 Å². The molecule has 1 aliphatic rings. The van der Waals surface area contributed by atoms with Gasteiger partial charge in [-0.3, -0.25) is 10.1 Å². The molecule has 1 heterocycles. The minimum absolute atomic E-state index is 0.0971. The summed E-state index contributed by atoms with van der Waals surface area (Å²) in [6.07, 6.45) is -1.15. The van der Waals surface area contributed by atoms with E-state index in [1.807, 2.05) is 0 Å². The molecule has 0 radical (unpaired) electrons. The van der Waals surface area contributed by atoms with Gasteiger partial charge in [0.25, 0.3) is 0 Å². The Bertz CT molecular complexity index is 1390. The zero-order valence-electron chi connectivity index (χ0n) is 22.6. The molecule has 1 aliphatic heterocycles. The standard InChI is InChI=1S/C28H30Cl2N4O6/c1-28(2)25(34(37)26(35)31-20-10-6-8-18(29)14-20)33(21-11-7-9-19(30)15-21)27(36)32(28)16-17-12-22(38-3)24(40-5)23(13-17)39-4/h6-15,25,37H,16H2,1-5H3,(H,31,35)/t25-/m1/s1. The maximum atomic E-state index is 14.0. The van der Waals surface area contributed by atoms with Crippen LogP contribution in [0.2, 0.25) is 10.0 Å². The van der Waals surface area contributed by atoms with Crippen LogP contribution < -0.4 is 24.4 Å². The second kappa shape index (κ2) is 11.7. The van der Waals surface area contributed by atoms with Crippen molar-refractivity contribution in [3.8, 4) is 17.2 Å². The van der Waals surface area contributed by atoms with Crippen molar-refractivity contribution in [3.63, 3.8) is 0 Å². The molecule has 1 fully saturated rings. The second-order valence-corrected chi connectivity index (χ2v) is 10.4. The molecule has 3 aromatic rings. The number of nitrogens with one attached hydrogen (secondary N) is 1. The number of nitrogens with zero attached hydrogens (tertiary/aromatic N) is 3. The van der Waals surface area contributed by atoms with Crippen LogP contribution >= 0.6 is 23.2 Å². The molecule has 40 heavy (non-hydrogen) atoms. The SMILES string of the molecule is COc1cc(CN2C(=O)N(c3cccc(Cl)c3)[C@H](N(O)C(=O)Nc3cccc(Cl)c3)C2(C)C)cc(OC)c1OC. The van der Waals surface area contributed by atoms with Crippen molar-refractivity contribution < 1.29 is 29.0 Å². The maximum absolute atomic E-state index is 14.0. The number of rotatable bonds is 8. The quantitative estimate of drug-likeness (QED) is 0.230. The molecule has 0 bridgehead atoms. The first-order valence-electron chi connectivity index (χ1n) is 12.2. The van der Waals surface area contributed by atoms with Crippen LogP contribution in [0.5, 0.6) is 17.2 Å². The fraction of sp³-hybridized carbons (Fsp3) is 0.286. The molecule has 2 N–H and O–H groups in total. The van der Waals surface area contributed by atoms with Crippen molar-refractivity contribution in [2.45, 2.75) is 32.1 Å². The lowest BCUT2D eigenvalue weighted by Crippen LogP contribution is -2.58. The van der Waals surface area contributed by atoms with Crippen molar-refractivity contribution in [2.75, 3.05) is 31.5 Å². The van der Waals surface area contributed by atoms with Crippen LogP contribution in [-0.4, -0.2) is 60.3 Å². The number of amides is 4. The van der Waals surface area contributed by atoms with E-state index in [0.717, 1.165) is 0 Å². The molecule has 0 unspecified atom stereocenters. The Hall–Kier alpha value is -3.86. The average molecular weight is 589 g/mol. The summed E-state index contributed by atoms with van der Waals surface area (Å²) < 4.78 is 16.4. The molecule has 12 heteroatoms. The lowest BCUT2D eigenvalue weighted by atomic mass is 9.99. The fourth-order valence-electron chi connectivity index (χ4n) is 4.76. The second-order valence-electron chi connectivity index (χ2n) is 9.56. The molecule has 3 aromatic carbocycles. The number of methoxy groups -OCH3 is 3. The molecule has 0 aliphatic carbocycles. The Kier molecular flexibility index (Phi) is 8.53. The summed E-state index contributed by atoms with van der Waals surface area (Å²) in [5.74, 6) is 1.27. The first-order valence-corrected chi connectivity index (χ1v) is 13.0. The van der Waals surface area contributed by atoms with Gasteiger partial charge in [0.2, 0.25) is 5.75 Å². The number of hydroxylamine groups is 2. The highest BCUT2D eigenvalue weighted by Gasteiger charge is 2.56. The van der Waals surface area contributed by atoms with Crippen molar-refractivity contribution in [3.05, 3.63) is 76.3 Å². The molecule has 0 aromatic heterocycles. The lowest BCUT2D eigenvalue weighted by Gasteiger charge is -2.38. The van der Waals surface area contributed by atoms with Crippen LogP contribution in [0.1, 0.15) is 19.4 Å². The zero-order valence-corrected chi connectivity index (χ0v) is 24.2. The normalized spacial score (nSPS) is 16.1. The highest BCUT2D eigenvalue weighted by molar-refractivity contribution is 6.31. The number of anilines is 2. The van der Waals surface area contributed by atoms with Crippen LogP contribution in [0, 0.1) is 0 Å². The van der Waals surface area contributed by atoms with Crippen LogP contribution in [0.4, 0.5) is 21.0 Å². The van der Waals surface area contributed by atoms with Crippen LogP contribution in [-0.2, 0) is 6.54 Å². The summed E-state index contributed by atoms with van der Waals surface area (Å²) in [7, 11) is 4.51. The number of benzene rings is 3. The van der Waals surface area contributed by atoms with E-state index < -0.39 is 23.8 Å². The predicted molar refractivity (Wildman–Crippen MR) is 153 cm³/mol. The van der Waals surface area contributed by atoms with Crippen LogP contribution in [0.15, 0.2) is 60.7 Å². The van der Waals surface area contributed by atoms with E-state index in [1.165, 1.54) is 26.2 Å². The summed E-state index contributed by atoms with van der Waals surface area (Å²) in [4.78, 5) is 30.2. The van der Waals surface area contributed by atoms with Gasteiger partial charge in [0.1, 0.15) is 0 Å². The number of urea groups is 2. The maximum Gasteiger partial charge on any atom is 0.347 e. The number of carbonyl (C=O) groups excluding carboxylic acids is 2. The molecular weight excluding hydrogens is 559 g/mol. The van der Waals surface area contributed by atoms with E-state index in [2.05, 4.69) is 5.32 Å². The van der Waals surface area contributed by atoms with Crippen LogP contribution in [0.3, 0.4) is 0 Å². The van der Waals surface area contributed by atoms with Crippen molar-refractivity contribution in [1.82, 2.24) is 9.96 Å². The third-order valence-electron chi connectivity index (χ3n) is 6.68. The molecule has 212 valence electrons. The molecule has 1 saturated heterocycles. The summed E-state index contributed by atoms with van der Waals surface area (Å²) in [6, 6.07) is 15.3. The van der Waals surface area contributed by atoms with E-state index in [4.69, 9.17) is 37.4 Å². The van der Waals surface area contributed by atoms with Crippen LogP contribution in [0.25, 0.3) is 0 Å². The lowest BCUT2D eigenvalue weighted by molar-refractivity contribution is -0.0954. The molecule has 1 atom stereocenters. The summed E-state index contributed by atoms with van der Waals surface area (Å²) in [6.45, 7) is 3.61. The molecule has 4 rings (SSSR count). The van der Waals surface area contributed by atoms with Gasteiger partial charge in [-0.15, -0.1) is 0 Å². The molecule has 10 nitrogen and oxygen atoms in total. The Balaban J connectivity index is 1.75. The molecular formula is C28H30Cl2N4O6. The third kappa shape index (κ3) is 5.56. The summed E-state index contributed by atoms with van der Waals surface area (Å²) in [5.41, 5.74) is 0.343. The Morgan fingerprint density at radius 2 is 1.57 bits per heavy atom. The zero-order chi connectivity index (χ0) is 29.2. The topological polar surface area (TPSA) is 104 Å². The van der Waals surface area contributed by atoms with Gasteiger partial charge in [-0.05, 0) is 67.9 Å². The number of hydrogen-bond acceptors (Lipinski definition) is 6. The Morgan fingerprint density at radius 3 is 2.12 bits per heavy atom. The summed E-state index contributed by atoms with van der Waals surface area (Å²) >= 11 is 12.3. The Labute approximate surface area is 242 Å². The minimum Gasteiger partial charge on any atom is -0.493 e. The van der Waals surface area contributed by atoms with E-state index in [0.29, 0.717) is 49.3 Å². The summed E-state index contributed by atoms with van der Waals surface area (Å²) in [5, 5.41) is 15.2.